The fourth-order valence-electron chi connectivity index (χ4n) is 4.65. The lowest BCUT2D eigenvalue weighted by Crippen LogP contribution is -2.50. The molecule has 2 atom stereocenters. The Bertz CT molecular complexity index is 815. The zero-order chi connectivity index (χ0) is 18.3. The summed E-state index contributed by atoms with van der Waals surface area (Å²) in [6.45, 7) is 4.38. The molecule has 1 saturated heterocycles. The molecule has 0 spiro atoms. The fourth-order valence-corrected chi connectivity index (χ4v) is 4.65. The second-order valence-electron chi connectivity index (χ2n) is 8.13. The highest BCUT2D eigenvalue weighted by Crippen LogP contribution is 2.37. The molecule has 1 aliphatic heterocycles. The largest absolute Gasteiger partial charge is 0.342 e. The van der Waals surface area contributed by atoms with Crippen LogP contribution in [0.1, 0.15) is 43.2 Å². The summed E-state index contributed by atoms with van der Waals surface area (Å²) in [5, 5.41) is 1.17. The molecular weight excluding hydrogens is 324 g/mol. The van der Waals surface area contributed by atoms with Crippen LogP contribution in [0.2, 0.25) is 0 Å². The molecule has 26 heavy (non-hydrogen) atoms. The second kappa shape index (κ2) is 6.97. The van der Waals surface area contributed by atoms with Crippen LogP contribution in [0.5, 0.6) is 0 Å². The lowest BCUT2D eigenvalue weighted by Gasteiger charge is -2.41. The van der Waals surface area contributed by atoms with E-state index in [0.29, 0.717) is 24.3 Å². The molecule has 1 aromatic heterocycles. The van der Waals surface area contributed by atoms with Crippen LogP contribution in [0, 0.1) is 11.8 Å². The normalized spacial score (nSPS) is 28.8. The molecule has 138 valence electrons. The van der Waals surface area contributed by atoms with E-state index < -0.39 is 0 Å². The van der Waals surface area contributed by atoms with Gasteiger partial charge in [-0.2, -0.15) is 0 Å². The minimum atomic E-state index is 0.133. The van der Waals surface area contributed by atoms with Gasteiger partial charge in [-0.05, 0) is 42.4 Å². The molecule has 4 rings (SSSR count). The van der Waals surface area contributed by atoms with Crippen molar-refractivity contribution in [3.8, 4) is 0 Å². The summed E-state index contributed by atoms with van der Waals surface area (Å²) < 4.78 is 0. The Morgan fingerprint density at radius 2 is 2.04 bits per heavy atom. The minimum absolute atomic E-state index is 0.133. The Kier molecular flexibility index (Phi) is 4.67. The van der Waals surface area contributed by atoms with Gasteiger partial charge in [0.05, 0.1) is 5.52 Å². The second-order valence-corrected chi connectivity index (χ2v) is 8.13. The van der Waals surface area contributed by atoms with Gasteiger partial charge in [-0.3, -0.25) is 9.78 Å². The smallest absolute Gasteiger partial charge is 0.225 e. The Morgan fingerprint density at radius 3 is 2.77 bits per heavy atom. The molecule has 4 N–H and O–H groups in total. The Morgan fingerprint density at radius 1 is 1.23 bits per heavy atom. The van der Waals surface area contributed by atoms with Gasteiger partial charge in [-0.25, -0.2) is 0 Å². The summed E-state index contributed by atoms with van der Waals surface area (Å²) >= 11 is 0. The zero-order valence-electron chi connectivity index (χ0n) is 15.4. The number of fused-ring (bicyclic) bond motifs is 1. The molecule has 1 aromatic carbocycles. The van der Waals surface area contributed by atoms with E-state index in [1.165, 1.54) is 10.9 Å². The number of piperidine rings is 1. The predicted molar refractivity (Wildman–Crippen MR) is 103 cm³/mol. The molecule has 2 aliphatic rings. The molecule has 2 heterocycles. The van der Waals surface area contributed by atoms with Gasteiger partial charge in [0.25, 0.3) is 0 Å². The highest BCUT2D eigenvalue weighted by atomic mass is 16.2. The first kappa shape index (κ1) is 17.4. The maximum absolute atomic E-state index is 12.9. The van der Waals surface area contributed by atoms with Crippen molar-refractivity contribution >= 4 is 16.8 Å². The highest BCUT2D eigenvalue weighted by Gasteiger charge is 2.38. The number of nitrogens with two attached hydrogens (primary N) is 2. The lowest BCUT2D eigenvalue weighted by molar-refractivity contribution is -0.140. The van der Waals surface area contributed by atoms with E-state index in [-0.39, 0.29) is 12.0 Å². The van der Waals surface area contributed by atoms with Gasteiger partial charge in [0.1, 0.15) is 0 Å². The molecule has 0 radical (unpaired) electrons. The number of carbonyl (C=O) groups excluding carboxylic acids is 1. The quantitative estimate of drug-likeness (QED) is 0.888. The van der Waals surface area contributed by atoms with Crippen molar-refractivity contribution < 1.29 is 4.79 Å². The van der Waals surface area contributed by atoms with Crippen molar-refractivity contribution in [2.45, 2.75) is 44.7 Å². The Hall–Kier alpha value is -1.98. The highest BCUT2D eigenvalue weighted by molar-refractivity contribution is 5.86. The molecular formula is C21H28N4O. The summed E-state index contributed by atoms with van der Waals surface area (Å²) in [6.07, 6.45) is 4.60. The number of aromatic nitrogens is 1. The summed E-state index contributed by atoms with van der Waals surface area (Å²) in [7, 11) is 0. The number of pyridine rings is 1. The van der Waals surface area contributed by atoms with Crippen molar-refractivity contribution in [1.82, 2.24) is 9.88 Å². The SMILES string of the molecule is C[C@@H]1C[C@@H](c2ccc(CN)c3ncccc23)CN(C(=O)C2CC(N)C2)C1. The number of likely N-dealkylation sites (tertiary alicyclic amines) is 1. The first-order chi connectivity index (χ1) is 12.6. The summed E-state index contributed by atoms with van der Waals surface area (Å²) in [5.74, 6) is 1.26. The van der Waals surface area contributed by atoms with E-state index in [4.69, 9.17) is 11.5 Å². The van der Waals surface area contributed by atoms with E-state index >= 15 is 0 Å². The fraction of sp³-hybridized carbons (Fsp3) is 0.524. The van der Waals surface area contributed by atoms with Crippen LogP contribution < -0.4 is 11.5 Å². The van der Waals surface area contributed by atoms with Crippen LogP contribution in [0.4, 0.5) is 0 Å². The van der Waals surface area contributed by atoms with E-state index in [1.54, 1.807) is 0 Å². The average molecular weight is 352 g/mol. The van der Waals surface area contributed by atoms with Gasteiger partial charge in [0, 0.05) is 49.1 Å². The number of amides is 1. The van der Waals surface area contributed by atoms with Crippen LogP contribution in [0.25, 0.3) is 10.9 Å². The van der Waals surface area contributed by atoms with Crippen molar-refractivity contribution in [3.63, 3.8) is 0 Å². The molecule has 0 unspecified atom stereocenters. The molecule has 5 heteroatoms. The molecule has 1 saturated carbocycles. The van der Waals surface area contributed by atoms with Crippen LogP contribution in [0.15, 0.2) is 30.5 Å². The zero-order valence-corrected chi connectivity index (χ0v) is 15.4. The number of nitrogens with zero attached hydrogens (tertiary/aromatic N) is 2. The molecule has 2 fully saturated rings. The van der Waals surface area contributed by atoms with E-state index in [0.717, 1.165) is 43.4 Å². The molecule has 1 aliphatic carbocycles. The molecule has 0 bridgehead atoms. The van der Waals surface area contributed by atoms with Crippen molar-refractivity contribution in [2.24, 2.45) is 23.3 Å². The summed E-state index contributed by atoms with van der Waals surface area (Å²) in [5.41, 5.74) is 15.1. The van der Waals surface area contributed by atoms with Gasteiger partial charge in [-0.1, -0.05) is 25.1 Å². The first-order valence-corrected chi connectivity index (χ1v) is 9.67. The van der Waals surface area contributed by atoms with Crippen LogP contribution in [0.3, 0.4) is 0 Å². The van der Waals surface area contributed by atoms with E-state index in [2.05, 4.69) is 35.0 Å². The number of hydrogen-bond acceptors (Lipinski definition) is 4. The third-order valence-corrected chi connectivity index (χ3v) is 6.04. The third kappa shape index (κ3) is 3.10. The topological polar surface area (TPSA) is 85.2 Å². The number of benzene rings is 1. The van der Waals surface area contributed by atoms with Gasteiger partial charge >= 0.3 is 0 Å². The minimum Gasteiger partial charge on any atom is -0.342 e. The van der Waals surface area contributed by atoms with Crippen molar-refractivity contribution in [1.29, 1.82) is 0 Å². The van der Waals surface area contributed by atoms with Gasteiger partial charge in [-0.15, -0.1) is 0 Å². The monoisotopic (exact) mass is 352 g/mol. The maximum Gasteiger partial charge on any atom is 0.225 e. The molecule has 5 nitrogen and oxygen atoms in total. The van der Waals surface area contributed by atoms with E-state index in [1.807, 2.05) is 12.3 Å². The van der Waals surface area contributed by atoms with Crippen LogP contribution >= 0.6 is 0 Å². The van der Waals surface area contributed by atoms with Gasteiger partial charge < -0.3 is 16.4 Å². The average Bonchev–Trinajstić information content (AvgIpc) is 2.63. The molecule has 2 aromatic rings. The van der Waals surface area contributed by atoms with Crippen molar-refractivity contribution in [2.75, 3.05) is 13.1 Å². The standard InChI is InChI=1S/C21H28N4O/c1-13-7-16(12-25(11-13)21(26)15-8-17(23)9-15)18-5-4-14(10-22)20-19(18)3-2-6-24-20/h2-6,13,15-17H,7-12,22-23H2,1H3/t13-,15?,16-,17?/m1/s1. The number of rotatable bonds is 3. The number of carbonyl (C=O) groups is 1. The summed E-state index contributed by atoms with van der Waals surface area (Å²) in [6, 6.07) is 8.61. The van der Waals surface area contributed by atoms with Gasteiger partial charge in [0.2, 0.25) is 5.91 Å². The third-order valence-electron chi connectivity index (χ3n) is 6.04. The van der Waals surface area contributed by atoms with Crippen molar-refractivity contribution in [3.05, 3.63) is 41.6 Å². The molecule has 1 amide bonds. The Labute approximate surface area is 154 Å². The Balaban J connectivity index is 1.63. The number of hydrogen-bond donors (Lipinski definition) is 2. The van der Waals surface area contributed by atoms with Crippen LogP contribution in [-0.2, 0) is 11.3 Å². The van der Waals surface area contributed by atoms with Crippen LogP contribution in [-0.4, -0.2) is 34.9 Å². The predicted octanol–water partition coefficient (Wildman–Crippen LogP) is 2.38. The maximum atomic E-state index is 12.9. The summed E-state index contributed by atoms with van der Waals surface area (Å²) in [4.78, 5) is 19.5. The van der Waals surface area contributed by atoms with E-state index in [9.17, 15) is 4.79 Å². The van der Waals surface area contributed by atoms with Gasteiger partial charge in [0.15, 0.2) is 0 Å². The lowest BCUT2D eigenvalue weighted by atomic mass is 9.78. The first-order valence-electron chi connectivity index (χ1n) is 9.67.